The lowest BCUT2D eigenvalue weighted by atomic mass is 9.79. The molecule has 1 fully saturated rings. The fourth-order valence-corrected chi connectivity index (χ4v) is 3.38. The highest BCUT2D eigenvalue weighted by Crippen LogP contribution is 2.31. The van der Waals surface area contributed by atoms with Crippen LogP contribution in [0.1, 0.15) is 57.4 Å². The fraction of sp³-hybridized carbons (Fsp3) is 0.611. The summed E-state index contributed by atoms with van der Waals surface area (Å²) in [5, 5.41) is 6.54. The molecule has 0 bridgehead atoms. The number of para-hydroxylation sites is 1. The Kier molecular flexibility index (Phi) is 5.80. The van der Waals surface area contributed by atoms with Crippen LogP contribution in [-0.2, 0) is 11.2 Å². The summed E-state index contributed by atoms with van der Waals surface area (Å²) >= 11 is 0. The molecule has 0 saturated heterocycles. The molecule has 0 atom stereocenters. The first-order chi connectivity index (χ1) is 10.2. The van der Waals surface area contributed by atoms with Gasteiger partial charge in [0.2, 0.25) is 5.91 Å². The van der Waals surface area contributed by atoms with E-state index in [4.69, 9.17) is 0 Å². The van der Waals surface area contributed by atoms with E-state index in [-0.39, 0.29) is 11.4 Å². The van der Waals surface area contributed by atoms with E-state index in [1.165, 1.54) is 24.8 Å². The van der Waals surface area contributed by atoms with Crippen LogP contribution < -0.4 is 10.6 Å². The molecule has 1 aromatic rings. The quantitative estimate of drug-likeness (QED) is 0.834. The molecule has 1 aliphatic carbocycles. The summed E-state index contributed by atoms with van der Waals surface area (Å²) in [5.41, 5.74) is 2.21. The zero-order chi connectivity index (χ0) is 15.1. The maximum absolute atomic E-state index is 12.5. The molecule has 1 aliphatic rings. The Labute approximate surface area is 128 Å². The lowest BCUT2D eigenvalue weighted by Gasteiger charge is -2.36. The predicted molar refractivity (Wildman–Crippen MR) is 88.6 cm³/mol. The molecule has 0 radical (unpaired) electrons. The van der Waals surface area contributed by atoms with Gasteiger partial charge in [0.25, 0.3) is 0 Å². The van der Waals surface area contributed by atoms with Crippen LogP contribution in [0.25, 0.3) is 0 Å². The van der Waals surface area contributed by atoms with Crippen molar-refractivity contribution in [3.63, 3.8) is 0 Å². The highest BCUT2D eigenvalue weighted by Gasteiger charge is 2.32. The molecule has 0 unspecified atom stereocenters. The minimum Gasteiger partial charge on any atom is -0.326 e. The van der Waals surface area contributed by atoms with E-state index in [0.717, 1.165) is 31.4 Å². The number of nitrogens with one attached hydrogen (secondary N) is 2. The highest BCUT2D eigenvalue weighted by atomic mass is 16.1. The van der Waals surface area contributed by atoms with Crippen LogP contribution in [0.4, 0.5) is 5.69 Å². The van der Waals surface area contributed by atoms with E-state index in [0.29, 0.717) is 6.42 Å². The average Bonchev–Trinajstić information content (AvgIpc) is 2.50. The molecule has 3 nitrogen and oxygen atoms in total. The van der Waals surface area contributed by atoms with Crippen LogP contribution >= 0.6 is 0 Å². The van der Waals surface area contributed by atoms with E-state index in [1.807, 2.05) is 25.2 Å². The fourth-order valence-electron chi connectivity index (χ4n) is 3.38. The van der Waals surface area contributed by atoms with Gasteiger partial charge in [0, 0.05) is 17.6 Å². The number of rotatable bonds is 6. The number of aryl methyl sites for hydroxylation is 1. The third kappa shape index (κ3) is 4.31. The van der Waals surface area contributed by atoms with E-state index in [1.54, 1.807) is 0 Å². The van der Waals surface area contributed by atoms with Crippen molar-refractivity contribution >= 4 is 11.6 Å². The lowest BCUT2D eigenvalue weighted by Crippen LogP contribution is -2.47. The summed E-state index contributed by atoms with van der Waals surface area (Å²) in [6.45, 7) is 2.16. The van der Waals surface area contributed by atoms with Gasteiger partial charge in [0.15, 0.2) is 0 Å². The van der Waals surface area contributed by atoms with Crippen LogP contribution in [0.15, 0.2) is 24.3 Å². The molecular weight excluding hydrogens is 260 g/mol. The lowest BCUT2D eigenvalue weighted by molar-refractivity contribution is -0.117. The minimum absolute atomic E-state index is 0.00202. The molecule has 21 heavy (non-hydrogen) atoms. The molecule has 1 amide bonds. The standard InChI is InChI=1S/C18H28N2O/c1-3-9-15-10-5-6-11-16(15)20-17(21)14-18(19-2)12-7-4-8-13-18/h5-6,10-11,19H,3-4,7-9,12-14H2,1-2H3,(H,20,21). The summed E-state index contributed by atoms with van der Waals surface area (Å²) in [6, 6.07) is 8.14. The second kappa shape index (κ2) is 7.60. The summed E-state index contributed by atoms with van der Waals surface area (Å²) < 4.78 is 0. The number of hydrogen-bond donors (Lipinski definition) is 2. The molecule has 0 aromatic heterocycles. The van der Waals surface area contributed by atoms with E-state index in [9.17, 15) is 4.79 Å². The Hall–Kier alpha value is -1.35. The number of carbonyl (C=O) groups excluding carboxylic acids is 1. The zero-order valence-electron chi connectivity index (χ0n) is 13.4. The Morgan fingerprint density at radius 3 is 2.57 bits per heavy atom. The molecule has 1 aromatic carbocycles. The predicted octanol–water partition coefficient (Wildman–Crippen LogP) is 3.89. The van der Waals surface area contributed by atoms with Gasteiger partial charge in [-0.25, -0.2) is 0 Å². The second-order valence-electron chi connectivity index (χ2n) is 6.22. The molecule has 0 heterocycles. The number of anilines is 1. The zero-order valence-corrected chi connectivity index (χ0v) is 13.4. The Morgan fingerprint density at radius 1 is 1.19 bits per heavy atom. The van der Waals surface area contributed by atoms with Gasteiger partial charge < -0.3 is 10.6 Å². The first-order valence-corrected chi connectivity index (χ1v) is 8.26. The SMILES string of the molecule is CCCc1ccccc1NC(=O)CC1(NC)CCCCC1. The molecule has 3 heteroatoms. The molecule has 1 saturated carbocycles. The first kappa shape index (κ1) is 16.0. The largest absolute Gasteiger partial charge is 0.326 e. The topological polar surface area (TPSA) is 41.1 Å². The van der Waals surface area contributed by atoms with Crippen molar-refractivity contribution in [1.82, 2.24) is 5.32 Å². The van der Waals surface area contributed by atoms with Gasteiger partial charge in [-0.05, 0) is 37.9 Å². The number of carbonyl (C=O) groups is 1. The van der Waals surface area contributed by atoms with E-state index >= 15 is 0 Å². The second-order valence-corrected chi connectivity index (χ2v) is 6.22. The van der Waals surface area contributed by atoms with Gasteiger partial charge in [0.05, 0.1) is 0 Å². The molecule has 0 aliphatic heterocycles. The summed E-state index contributed by atoms with van der Waals surface area (Å²) in [4.78, 5) is 12.5. The highest BCUT2D eigenvalue weighted by molar-refractivity contribution is 5.92. The van der Waals surface area contributed by atoms with E-state index in [2.05, 4.69) is 23.6 Å². The van der Waals surface area contributed by atoms with Crippen LogP contribution in [-0.4, -0.2) is 18.5 Å². The maximum Gasteiger partial charge on any atom is 0.226 e. The Morgan fingerprint density at radius 2 is 1.90 bits per heavy atom. The average molecular weight is 288 g/mol. The van der Waals surface area contributed by atoms with Crippen molar-refractivity contribution in [2.45, 2.75) is 63.8 Å². The van der Waals surface area contributed by atoms with Crippen molar-refractivity contribution in [2.24, 2.45) is 0 Å². The van der Waals surface area contributed by atoms with E-state index < -0.39 is 0 Å². The minimum atomic E-state index is 0.00202. The molecule has 0 spiro atoms. The van der Waals surface area contributed by atoms with Gasteiger partial charge in [-0.2, -0.15) is 0 Å². The van der Waals surface area contributed by atoms with Gasteiger partial charge in [-0.15, -0.1) is 0 Å². The van der Waals surface area contributed by atoms with Crippen molar-refractivity contribution in [3.05, 3.63) is 29.8 Å². The third-order valence-electron chi connectivity index (χ3n) is 4.65. The summed E-state index contributed by atoms with van der Waals surface area (Å²) in [6.07, 6.45) is 8.62. The van der Waals surface area contributed by atoms with Gasteiger partial charge in [-0.1, -0.05) is 50.8 Å². The van der Waals surface area contributed by atoms with Gasteiger partial charge >= 0.3 is 0 Å². The van der Waals surface area contributed by atoms with Crippen LogP contribution in [0.2, 0.25) is 0 Å². The molecular formula is C18H28N2O. The van der Waals surface area contributed by atoms with Crippen molar-refractivity contribution in [2.75, 3.05) is 12.4 Å². The smallest absolute Gasteiger partial charge is 0.226 e. The monoisotopic (exact) mass is 288 g/mol. The van der Waals surface area contributed by atoms with Gasteiger partial charge in [0.1, 0.15) is 0 Å². The summed E-state index contributed by atoms with van der Waals surface area (Å²) in [5.74, 6) is 0.134. The molecule has 2 rings (SSSR count). The maximum atomic E-state index is 12.5. The summed E-state index contributed by atoms with van der Waals surface area (Å²) in [7, 11) is 1.99. The van der Waals surface area contributed by atoms with Crippen LogP contribution in [0, 0.1) is 0 Å². The normalized spacial score (nSPS) is 17.4. The van der Waals surface area contributed by atoms with Crippen molar-refractivity contribution in [3.8, 4) is 0 Å². The number of benzene rings is 1. The Balaban J connectivity index is 2.01. The van der Waals surface area contributed by atoms with Crippen molar-refractivity contribution < 1.29 is 4.79 Å². The number of hydrogen-bond acceptors (Lipinski definition) is 2. The van der Waals surface area contributed by atoms with Crippen molar-refractivity contribution in [1.29, 1.82) is 0 Å². The van der Waals surface area contributed by atoms with Crippen LogP contribution in [0.3, 0.4) is 0 Å². The molecule has 116 valence electrons. The van der Waals surface area contributed by atoms with Gasteiger partial charge in [-0.3, -0.25) is 4.79 Å². The third-order valence-corrected chi connectivity index (χ3v) is 4.65. The Bertz CT molecular complexity index is 464. The first-order valence-electron chi connectivity index (χ1n) is 8.26. The number of amides is 1. The molecule has 2 N–H and O–H groups in total. The van der Waals surface area contributed by atoms with Crippen LogP contribution in [0.5, 0.6) is 0 Å².